The van der Waals surface area contributed by atoms with Crippen LogP contribution in [-0.4, -0.2) is 21.2 Å². The lowest BCUT2D eigenvalue weighted by Gasteiger charge is -2.15. The van der Waals surface area contributed by atoms with Crippen molar-refractivity contribution in [3.63, 3.8) is 0 Å². The molecular weight excluding hydrogens is 428 g/mol. The van der Waals surface area contributed by atoms with Gasteiger partial charge >= 0.3 is 0 Å². The molecule has 0 aliphatic rings. The van der Waals surface area contributed by atoms with Crippen molar-refractivity contribution in [2.75, 3.05) is 11.1 Å². The molecule has 1 amide bonds. The molecule has 0 radical (unpaired) electrons. The van der Waals surface area contributed by atoms with E-state index in [1.54, 1.807) is 28.8 Å². The minimum Gasteiger partial charge on any atom is -0.325 e. The van der Waals surface area contributed by atoms with E-state index in [2.05, 4.69) is 16.4 Å². The average Bonchev–Trinajstić information content (AvgIpc) is 3.23. The van der Waals surface area contributed by atoms with Crippen molar-refractivity contribution < 1.29 is 4.79 Å². The second kappa shape index (κ2) is 8.76. The summed E-state index contributed by atoms with van der Waals surface area (Å²) in [7, 11) is 0. The Balaban J connectivity index is 1.67. The van der Waals surface area contributed by atoms with Gasteiger partial charge < -0.3 is 5.32 Å². The largest absolute Gasteiger partial charge is 0.325 e. The van der Waals surface area contributed by atoms with Crippen molar-refractivity contribution in [2.45, 2.75) is 19.0 Å². The summed E-state index contributed by atoms with van der Waals surface area (Å²) in [6, 6.07) is 16.5. The fourth-order valence-corrected chi connectivity index (χ4v) is 4.72. The molecule has 0 unspecified atom stereocenters. The van der Waals surface area contributed by atoms with Crippen LogP contribution in [0.3, 0.4) is 0 Å². The van der Waals surface area contributed by atoms with E-state index in [1.165, 1.54) is 23.1 Å². The first-order valence-corrected chi connectivity index (χ1v) is 11.3. The van der Waals surface area contributed by atoms with Gasteiger partial charge in [0.15, 0.2) is 5.16 Å². The minimum absolute atomic E-state index is 0.0731. The van der Waals surface area contributed by atoms with Crippen LogP contribution in [0.2, 0.25) is 0 Å². The molecule has 4 aromatic rings. The minimum atomic E-state index is -0.243. The zero-order valence-corrected chi connectivity index (χ0v) is 18.5. The SMILES string of the molecule is Cc1ccc(C)c(-n2c(SCC(=O)Nc3cccc(C#N)c3)nc3ccsc3c2=O)c1. The van der Waals surface area contributed by atoms with E-state index >= 15 is 0 Å². The molecule has 0 spiro atoms. The first kappa shape index (κ1) is 20.8. The Labute approximate surface area is 187 Å². The van der Waals surface area contributed by atoms with Gasteiger partial charge in [-0.05, 0) is 60.7 Å². The van der Waals surface area contributed by atoms with Crippen LogP contribution < -0.4 is 10.9 Å². The van der Waals surface area contributed by atoms with E-state index in [0.29, 0.717) is 26.6 Å². The van der Waals surface area contributed by atoms with Crippen LogP contribution in [-0.2, 0) is 4.79 Å². The molecule has 0 saturated carbocycles. The highest BCUT2D eigenvalue weighted by molar-refractivity contribution is 7.99. The summed E-state index contributed by atoms with van der Waals surface area (Å²) in [5.74, 6) is -0.170. The van der Waals surface area contributed by atoms with Gasteiger partial charge in [0.25, 0.3) is 5.56 Å². The fourth-order valence-electron chi connectivity index (χ4n) is 3.16. The second-order valence-electron chi connectivity index (χ2n) is 6.99. The summed E-state index contributed by atoms with van der Waals surface area (Å²) in [5.41, 5.74) is 4.25. The predicted octanol–water partition coefficient (Wildman–Crippen LogP) is 4.67. The summed E-state index contributed by atoms with van der Waals surface area (Å²) in [6.45, 7) is 3.92. The Kier molecular flexibility index (Phi) is 5.89. The highest BCUT2D eigenvalue weighted by Gasteiger charge is 2.17. The van der Waals surface area contributed by atoms with Crippen LogP contribution in [0.4, 0.5) is 5.69 Å². The lowest BCUT2D eigenvalue weighted by molar-refractivity contribution is -0.113. The molecule has 1 N–H and O–H groups in total. The highest BCUT2D eigenvalue weighted by Crippen LogP contribution is 2.26. The molecule has 6 nitrogen and oxygen atoms in total. The van der Waals surface area contributed by atoms with Gasteiger partial charge in [-0.15, -0.1) is 11.3 Å². The van der Waals surface area contributed by atoms with Crippen LogP contribution in [0, 0.1) is 25.2 Å². The van der Waals surface area contributed by atoms with E-state index in [9.17, 15) is 9.59 Å². The number of aromatic nitrogens is 2. The molecule has 0 aliphatic carbocycles. The lowest BCUT2D eigenvalue weighted by Crippen LogP contribution is -2.23. The molecule has 8 heteroatoms. The summed E-state index contributed by atoms with van der Waals surface area (Å²) >= 11 is 2.57. The van der Waals surface area contributed by atoms with Gasteiger partial charge in [0.1, 0.15) is 4.70 Å². The first-order chi connectivity index (χ1) is 15.0. The van der Waals surface area contributed by atoms with Crippen LogP contribution in [0.25, 0.3) is 15.9 Å². The summed E-state index contributed by atoms with van der Waals surface area (Å²) < 4.78 is 2.18. The van der Waals surface area contributed by atoms with Crippen LogP contribution in [0.1, 0.15) is 16.7 Å². The Morgan fingerprint density at radius 2 is 2.06 bits per heavy atom. The molecule has 0 fully saturated rings. The quantitative estimate of drug-likeness (QED) is 0.356. The molecule has 2 heterocycles. The van der Waals surface area contributed by atoms with E-state index < -0.39 is 0 Å². The van der Waals surface area contributed by atoms with Crippen molar-refractivity contribution in [3.8, 4) is 11.8 Å². The van der Waals surface area contributed by atoms with Gasteiger partial charge in [0.2, 0.25) is 5.91 Å². The Morgan fingerprint density at radius 1 is 1.23 bits per heavy atom. The topological polar surface area (TPSA) is 87.8 Å². The average molecular weight is 447 g/mol. The highest BCUT2D eigenvalue weighted by atomic mass is 32.2. The number of carbonyl (C=O) groups is 1. The standard InChI is InChI=1S/C23H18N4O2S2/c1-14-6-7-15(2)19(10-14)27-22(29)21-18(8-9-30-21)26-23(27)31-13-20(28)25-17-5-3-4-16(11-17)12-24/h3-11H,13H2,1-2H3,(H,25,28). The maximum absolute atomic E-state index is 13.3. The number of hydrogen-bond acceptors (Lipinski definition) is 6. The van der Waals surface area contributed by atoms with Crippen molar-refractivity contribution in [1.29, 1.82) is 5.26 Å². The van der Waals surface area contributed by atoms with Gasteiger partial charge in [0.05, 0.1) is 28.6 Å². The zero-order chi connectivity index (χ0) is 22.0. The molecule has 0 atom stereocenters. The Bertz CT molecular complexity index is 1400. The predicted molar refractivity (Wildman–Crippen MR) is 125 cm³/mol. The van der Waals surface area contributed by atoms with Crippen molar-refractivity contribution >= 4 is 44.9 Å². The molecule has 0 aliphatic heterocycles. The second-order valence-corrected chi connectivity index (χ2v) is 8.85. The molecule has 4 rings (SSSR count). The molecule has 2 aromatic heterocycles. The van der Waals surface area contributed by atoms with Gasteiger partial charge in [0, 0.05) is 5.69 Å². The number of hydrogen-bond donors (Lipinski definition) is 1. The molecule has 0 bridgehead atoms. The van der Waals surface area contributed by atoms with E-state index in [-0.39, 0.29) is 17.2 Å². The normalized spacial score (nSPS) is 10.7. The third-order valence-electron chi connectivity index (χ3n) is 4.66. The number of thiophene rings is 1. The number of amides is 1. The van der Waals surface area contributed by atoms with E-state index in [4.69, 9.17) is 5.26 Å². The Morgan fingerprint density at radius 3 is 2.87 bits per heavy atom. The van der Waals surface area contributed by atoms with Crippen molar-refractivity contribution in [2.24, 2.45) is 0 Å². The maximum atomic E-state index is 13.3. The van der Waals surface area contributed by atoms with Crippen LogP contribution in [0.15, 0.2) is 63.9 Å². The van der Waals surface area contributed by atoms with Gasteiger partial charge in [-0.2, -0.15) is 5.26 Å². The smallest absolute Gasteiger partial charge is 0.276 e. The molecule has 2 aromatic carbocycles. The molecular formula is C23H18N4O2S2. The third kappa shape index (κ3) is 4.38. The maximum Gasteiger partial charge on any atom is 0.276 e. The third-order valence-corrected chi connectivity index (χ3v) is 6.49. The monoisotopic (exact) mass is 446 g/mol. The number of nitrogens with one attached hydrogen (secondary N) is 1. The number of nitriles is 1. The summed E-state index contributed by atoms with van der Waals surface area (Å²) in [4.78, 5) is 30.5. The van der Waals surface area contributed by atoms with Gasteiger partial charge in [-0.25, -0.2) is 4.98 Å². The van der Waals surface area contributed by atoms with Crippen molar-refractivity contribution in [3.05, 3.63) is 81.0 Å². The number of carbonyl (C=O) groups excluding carboxylic acids is 1. The number of fused-ring (bicyclic) bond motifs is 1. The van der Waals surface area contributed by atoms with Crippen LogP contribution >= 0.6 is 23.1 Å². The van der Waals surface area contributed by atoms with E-state index in [1.807, 2.05) is 43.5 Å². The van der Waals surface area contributed by atoms with E-state index in [0.717, 1.165) is 16.8 Å². The summed E-state index contributed by atoms with van der Waals surface area (Å²) in [5, 5.41) is 14.1. The van der Waals surface area contributed by atoms with Gasteiger partial charge in [-0.1, -0.05) is 30.0 Å². The summed E-state index contributed by atoms with van der Waals surface area (Å²) in [6.07, 6.45) is 0. The number of benzene rings is 2. The number of rotatable bonds is 5. The molecule has 31 heavy (non-hydrogen) atoms. The number of nitrogens with zero attached hydrogens (tertiary/aromatic N) is 3. The first-order valence-electron chi connectivity index (χ1n) is 9.47. The Hall–Kier alpha value is -3.41. The fraction of sp³-hybridized carbons (Fsp3) is 0.130. The number of thioether (sulfide) groups is 1. The van der Waals surface area contributed by atoms with Crippen molar-refractivity contribution in [1.82, 2.24) is 9.55 Å². The van der Waals surface area contributed by atoms with Gasteiger partial charge in [-0.3, -0.25) is 14.2 Å². The zero-order valence-electron chi connectivity index (χ0n) is 16.9. The molecule has 0 saturated heterocycles. The number of aryl methyl sites for hydroxylation is 2. The molecule has 154 valence electrons. The number of anilines is 1. The lowest BCUT2D eigenvalue weighted by atomic mass is 10.1. The van der Waals surface area contributed by atoms with Crippen LogP contribution in [0.5, 0.6) is 0 Å².